The van der Waals surface area contributed by atoms with E-state index in [1.54, 1.807) is 17.0 Å². The van der Waals surface area contributed by atoms with Gasteiger partial charge in [0.2, 0.25) is 5.91 Å². The van der Waals surface area contributed by atoms with Gasteiger partial charge in [-0.25, -0.2) is 0 Å². The molecule has 29 heavy (non-hydrogen) atoms. The molecule has 0 spiro atoms. The van der Waals surface area contributed by atoms with Gasteiger partial charge in [-0.1, -0.05) is 42.5 Å². The van der Waals surface area contributed by atoms with Crippen molar-refractivity contribution >= 4 is 5.91 Å². The molecule has 1 aliphatic heterocycles. The molecule has 2 aromatic rings. The summed E-state index contributed by atoms with van der Waals surface area (Å²) in [5.41, 5.74) is 1.12. The molecule has 0 saturated carbocycles. The summed E-state index contributed by atoms with van der Waals surface area (Å²) in [7, 11) is 0. The second-order valence-electron chi connectivity index (χ2n) is 7.36. The van der Waals surface area contributed by atoms with Crippen molar-refractivity contribution in [3.05, 3.63) is 65.7 Å². The van der Waals surface area contributed by atoms with E-state index in [0.717, 1.165) is 38.8 Å². The molecule has 0 unspecified atom stereocenters. The van der Waals surface area contributed by atoms with Crippen LogP contribution in [0.2, 0.25) is 0 Å². The van der Waals surface area contributed by atoms with Gasteiger partial charge in [-0.3, -0.25) is 4.79 Å². The predicted octanol–water partition coefficient (Wildman–Crippen LogP) is 4.00. The van der Waals surface area contributed by atoms with Crippen LogP contribution in [-0.2, 0) is 17.1 Å². The van der Waals surface area contributed by atoms with Crippen molar-refractivity contribution in [1.29, 1.82) is 0 Å². The molecular formula is C23H28F2N2O2. The van der Waals surface area contributed by atoms with Crippen molar-refractivity contribution in [3.63, 3.8) is 0 Å². The van der Waals surface area contributed by atoms with Gasteiger partial charge in [-0.2, -0.15) is 8.78 Å². The third kappa shape index (κ3) is 6.53. The Morgan fingerprint density at radius 1 is 1.07 bits per heavy atom. The lowest BCUT2D eigenvalue weighted by Gasteiger charge is -2.20. The molecule has 6 heteroatoms. The molecule has 3 rings (SSSR count). The lowest BCUT2D eigenvalue weighted by molar-refractivity contribution is -0.129. The van der Waals surface area contributed by atoms with E-state index in [1.807, 2.05) is 18.2 Å². The summed E-state index contributed by atoms with van der Waals surface area (Å²) >= 11 is 0. The summed E-state index contributed by atoms with van der Waals surface area (Å²) in [6, 6.07) is 16.1. The van der Waals surface area contributed by atoms with Crippen molar-refractivity contribution < 1.29 is 18.3 Å². The van der Waals surface area contributed by atoms with Crippen molar-refractivity contribution in [3.8, 4) is 5.75 Å². The number of hydrogen-bond acceptors (Lipinski definition) is 3. The van der Waals surface area contributed by atoms with Crippen LogP contribution in [0.15, 0.2) is 54.6 Å². The maximum Gasteiger partial charge on any atom is 0.285 e. The van der Waals surface area contributed by atoms with Gasteiger partial charge in [0.05, 0.1) is 19.7 Å². The number of alkyl halides is 2. The van der Waals surface area contributed by atoms with Gasteiger partial charge in [0.25, 0.3) is 5.92 Å². The molecule has 2 aromatic carbocycles. The van der Waals surface area contributed by atoms with Crippen LogP contribution in [0, 0.1) is 0 Å². The first-order chi connectivity index (χ1) is 14.0. The third-order valence-corrected chi connectivity index (χ3v) is 5.06. The van der Waals surface area contributed by atoms with E-state index in [9.17, 15) is 13.6 Å². The first-order valence-electron chi connectivity index (χ1n) is 10.2. The average Bonchev–Trinajstić information content (AvgIpc) is 3.27. The highest BCUT2D eigenvalue weighted by Crippen LogP contribution is 2.29. The lowest BCUT2D eigenvalue weighted by Crippen LogP contribution is -2.40. The Morgan fingerprint density at radius 2 is 1.83 bits per heavy atom. The minimum absolute atomic E-state index is 0.0642. The number of halogens is 2. The molecule has 0 radical (unpaired) electrons. The van der Waals surface area contributed by atoms with E-state index in [-0.39, 0.29) is 18.0 Å². The van der Waals surface area contributed by atoms with Crippen LogP contribution < -0.4 is 10.1 Å². The summed E-state index contributed by atoms with van der Waals surface area (Å²) in [5, 5.41) is 2.61. The molecule has 1 aliphatic rings. The minimum atomic E-state index is -3.07. The fraction of sp³-hybridized carbons (Fsp3) is 0.435. The monoisotopic (exact) mass is 402 g/mol. The zero-order valence-electron chi connectivity index (χ0n) is 16.6. The van der Waals surface area contributed by atoms with Gasteiger partial charge in [-0.15, -0.1) is 0 Å². The van der Waals surface area contributed by atoms with Crippen LogP contribution in [0.4, 0.5) is 8.78 Å². The molecule has 0 atom stereocenters. The quantitative estimate of drug-likeness (QED) is 0.611. The van der Waals surface area contributed by atoms with Crippen LogP contribution >= 0.6 is 0 Å². The highest BCUT2D eigenvalue weighted by molar-refractivity contribution is 5.78. The number of carbonyl (C=O) groups is 1. The Kier molecular flexibility index (Phi) is 7.58. The summed E-state index contributed by atoms with van der Waals surface area (Å²) in [4.78, 5) is 13.7. The Labute approximate surface area is 170 Å². The van der Waals surface area contributed by atoms with Gasteiger partial charge in [0.1, 0.15) is 5.75 Å². The Balaban J connectivity index is 1.44. The van der Waals surface area contributed by atoms with Crippen molar-refractivity contribution in [2.45, 2.75) is 31.6 Å². The molecule has 1 fully saturated rings. The van der Waals surface area contributed by atoms with Gasteiger partial charge < -0.3 is 15.0 Å². The van der Waals surface area contributed by atoms with E-state index >= 15 is 0 Å². The highest BCUT2D eigenvalue weighted by atomic mass is 19.3. The van der Waals surface area contributed by atoms with E-state index in [2.05, 4.69) is 17.4 Å². The largest absolute Gasteiger partial charge is 0.494 e. The fourth-order valence-corrected chi connectivity index (χ4v) is 3.43. The number of aryl methyl sites for hydroxylation is 1. The molecule has 1 amide bonds. The third-order valence-electron chi connectivity index (χ3n) is 5.06. The van der Waals surface area contributed by atoms with Gasteiger partial charge >= 0.3 is 0 Å². The second kappa shape index (κ2) is 10.3. The molecule has 156 valence electrons. The number of nitrogens with one attached hydrogen (secondary N) is 1. The molecule has 0 bridgehead atoms. The van der Waals surface area contributed by atoms with Gasteiger partial charge in [0, 0.05) is 18.7 Å². The lowest BCUT2D eigenvalue weighted by atomic mass is 10.1. The minimum Gasteiger partial charge on any atom is -0.494 e. The predicted molar refractivity (Wildman–Crippen MR) is 109 cm³/mol. The van der Waals surface area contributed by atoms with Crippen LogP contribution in [0.25, 0.3) is 0 Å². The van der Waals surface area contributed by atoms with Crippen LogP contribution in [0.3, 0.4) is 0 Å². The number of benzene rings is 2. The number of amides is 1. The maximum absolute atomic E-state index is 14.5. The molecule has 0 aliphatic carbocycles. The number of hydrogen-bond donors (Lipinski definition) is 1. The van der Waals surface area contributed by atoms with Gasteiger partial charge in [0.15, 0.2) is 0 Å². The van der Waals surface area contributed by atoms with Crippen LogP contribution in [0.1, 0.15) is 30.4 Å². The Hall–Kier alpha value is -2.47. The highest BCUT2D eigenvalue weighted by Gasteiger charge is 2.32. The van der Waals surface area contributed by atoms with Crippen LogP contribution in [-0.4, -0.2) is 43.6 Å². The summed E-state index contributed by atoms with van der Waals surface area (Å²) in [6.07, 6.45) is 3.66. The summed E-state index contributed by atoms with van der Waals surface area (Å²) in [6.45, 7) is 1.27. The number of nitrogens with zero attached hydrogens (tertiary/aromatic N) is 1. The average molecular weight is 402 g/mol. The Bertz CT molecular complexity index is 777. The maximum atomic E-state index is 14.5. The van der Waals surface area contributed by atoms with E-state index in [4.69, 9.17) is 4.74 Å². The molecule has 4 nitrogen and oxygen atoms in total. The first-order valence-corrected chi connectivity index (χ1v) is 10.2. The number of carbonyl (C=O) groups excluding carboxylic acids is 1. The number of likely N-dealkylation sites (tertiary alicyclic amines) is 1. The Morgan fingerprint density at radius 3 is 2.59 bits per heavy atom. The standard InChI is InChI=1S/C23H28F2N2O2/c24-23(25,18-26-17-22(28)27-13-4-5-14-27)20-11-6-12-21(16-20)29-15-7-10-19-8-2-1-3-9-19/h1-3,6,8-9,11-12,16,26H,4-5,7,10,13-15,17-18H2. The van der Waals surface area contributed by atoms with Gasteiger partial charge in [-0.05, 0) is 43.4 Å². The number of ether oxygens (including phenoxy) is 1. The normalized spacial score (nSPS) is 14.2. The van der Waals surface area contributed by atoms with Crippen molar-refractivity contribution in [2.75, 3.05) is 32.8 Å². The fourth-order valence-electron chi connectivity index (χ4n) is 3.43. The molecule has 1 saturated heterocycles. The zero-order chi connectivity index (χ0) is 20.5. The van der Waals surface area contributed by atoms with E-state index in [0.29, 0.717) is 12.4 Å². The smallest absolute Gasteiger partial charge is 0.285 e. The summed E-state index contributed by atoms with van der Waals surface area (Å²) in [5.74, 6) is -2.76. The zero-order valence-corrected chi connectivity index (χ0v) is 16.6. The molecular weight excluding hydrogens is 374 g/mol. The van der Waals surface area contributed by atoms with E-state index < -0.39 is 12.5 Å². The van der Waals surface area contributed by atoms with Crippen molar-refractivity contribution in [2.24, 2.45) is 0 Å². The SMILES string of the molecule is O=C(CNCC(F)(F)c1cccc(OCCCc2ccccc2)c1)N1CCCC1. The molecule has 1 heterocycles. The molecule has 0 aromatic heterocycles. The van der Waals surface area contributed by atoms with Crippen molar-refractivity contribution in [1.82, 2.24) is 10.2 Å². The van der Waals surface area contributed by atoms with E-state index in [1.165, 1.54) is 17.7 Å². The molecule has 1 N–H and O–H groups in total. The summed E-state index contributed by atoms with van der Waals surface area (Å²) < 4.78 is 34.7. The number of rotatable bonds is 10. The second-order valence-corrected chi connectivity index (χ2v) is 7.36. The topological polar surface area (TPSA) is 41.6 Å². The first kappa shape index (κ1) is 21.2. The van der Waals surface area contributed by atoms with Crippen LogP contribution in [0.5, 0.6) is 5.75 Å².